The Kier molecular flexibility index (Phi) is 4.33. The zero-order valence-corrected chi connectivity index (χ0v) is 11.7. The number of nitrogens with zero attached hydrogens (tertiary/aromatic N) is 1. The fourth-order valence-electron chi connectivity index (χ4n) is 1.71. The Balaban J connectivity index is 1.99. The first-order valence-corrected chi connectivity index (χ1v) is 6.55. The van der Waals surface area contributed by atoms with Crippen LogP contribution in [-0.2, 0) is 0 Å². The van der Waals surface area contributed by atoms with Crippen molar-refractivity contribution < 1.29 is 5.11 Å². The molecule has 0 fully saturated rings. The Bertz CT molecular complexity index is 516. The summed E-state index contributed by atoms with van der Waals surface area (Å²) in [4.78, 5) is 4.27. The topological polar surface area (TPSA) is 45.2 Å². The van der Waals surface area contributed by atoms with Gasteiger partial charge < -0.3 is 10.4 Å². The standard InChI is InChI=1S/C14H15BrN2O/c1-10-7-12(15)8-16-14(10)17-9-13(18)11-5-3-2-4-6-11/h2-8,13,18H,9H2,1H3,(H,16,17). The van der Waals surface area contributed by atoms with E-state index in [-0.39, 0.29) is 0 Å². The molecule has 94 valence electrons. The molecule has 0 radical (unpaired) electrons. The number of halogens is 1. The Morgan fingerprint density at radius 1 is 1.33 bits per heavy atom. The second-order valence-electron chi connectivity index (χ2n) is 4.13. The first kappa shape index (κ1) is 13.1. The SMILES string of the molecule is Cc1cc(Br)cnc1NCC(O)c1ccccc1. The van der Waals surface area contributed by atoms with E-state index in [4.69, 9.17) is 0 Å². The number of anilines is 1. The van der Waals surface area contributed by atoms with Crippen molar-refractivity contribution in [1.29, 1.82) is 0 Å². The van der Waals surface area contributed by atoms with Gasteiger partial charge in [-0.25, -0.2) is 4.98 Å². The van der Waals surface area contributed by atoms with Gasteiger partial charge in [0, 0.05) is 17.2 Å². The zero-order chi connectivity index (χ0) is 13.0. The van der Waals surface area contributed by atoms with Crippen LogP contribution in [0.1, 0.15) is 17.2 Å². The Hall–Kier alpha value is -1.39. The van der Waals surface area contributed by atoms with Crippen molar-refractivity contribution in [3.8, 4) is 0 Å². The van der Waals surface area contributed by atoms with Crippen LogP contribution in [0.25, 0.3) is 0 Å². The summed E-state index contributed by atoms with van der Waals surface area (Å²) in [6.07, 6.45) is 1.21. The summed E-state index contributed by atoms with van der Waals surface area (Å²) in [5.74, 6) is 0.799. The molecule has 1 aromatic carbocycles. The van der Waals surface area contributed by atoms with Crippen LogP contribution in [0.3, 0.4) is 0 Å². The maximum atomic E-state index is 10.0. The third-order valence-corrected chi connectivity index (χ3v) is 3.13. The van der Waals surface area contributed by atoms with E-state index in [0.29, 0.717) is 6.54 Å². The first-order valence-electron chi connectivity index (χ1n) is 5.76. The van der Waals surface area contributed by atoms with Crippen LogP contribution in [0.2, 0.25) is 0 Å². The molecule has 0 aliphatic rings. The molecule has 1 aromatic heterocycles. The maximum absolute atomic E-state index is 10.0. The highest BCUT2D eigenvalue weighted by atomic mass is 79.9. The van der Waals surface area contributed by atoms with Gasteiger partial charge in [-0.3, -0.25) is 0 Å². The minimum absolute atomic E-state index is 0.444. The molecule has 0 aliphatic heterocycles. The second-order valence-corrected chi connectivity index (χ2v) is 5.04. The summed E-state index contributed by atoms with van der Waals surface area (Å²) in [6.45, 7) is 2.43. The molecule has 1 atom stereocenters. The summed E-state index contributed by atoms with van der Waals surface area (Å²) in [5, 5.41) is 13.2. The van der Waals surface area contributed by atoms with E-state index in [1.165, 1.54) is 0 Å². The second kappa shape index (κ2) is 5.98. The van der Waals surface area contributed by atoms with Crippen molar-refractivity contribution in [3.05, 3.63) is 58.2 Å². The fraction of sp³-hybridized carbons (Fsp3) is 0.214. The number of aliphatic hydroxyl groups is 1. The van der Waals surface area contributed by atoms with Crippen LogP contribution in [-0.4, -0.2) is 16.6 Å². The van der Waals surface area contributed by atoms with Gasteiger partial charge in [0.05, 0.1) is 6.10 Å². The molecule has 2 aromatic rings. The zero-order valence-electron chi connectivity index (χ0n) is 10.1. The van der Waals surface area contributed by atoms with Gasteiger partial charge in [0.1, 0.15) is 5.82 Å². The van der Waals surface area contributed by atoms with Crippen LogP contribution in [0.4, 0.5) is 5.82 Å². The summed E-state index contributed by atoms with van der Waals surface area (Å²) >= 11 is 3.37. The minimum Gasteiger partial charge on any atom is -0.387 e. The van der Waals surface area contributed by atoms with Crippen LogP contribution < -0.4 is 5.32 Å². The van der Waals surface area contributed by atoms with E-state index in [1.807, 2.05) is 43.3 Å². The van der Waals surface area contributed by atoms with Crippen LogP contribution >= 0.6 is 15.9 Å². The first-order chi connectivity index (χ1) is 8.66. The summed E-state index contributed by atoms with van der Waals surface area (Å²) in [6, 6.07) is 11.6. The number of benzene rings is 1. The average Bonchev–Trinajstić information content (AvgIpc) is 2.38. The van der Waals surface area contributed by atoms with Crippen molar-refractivity contribution in [3.63, 3.8) is 0 Å². The van der Waals surface area contributed by atoms with Gasteiger partial charge in [0.2, 0.25) is 0 Å². The molecule has 2 rings (SSSR count). The molecular weight excluding hydrogens is 292 g/mol. The Morgan fingerprint density at radius 2 is 2.06 bits per heavy atom. The van der Waals surface area contributed by atoms with Gasteiger partial charge in [0.15, 0.2) is 0 Å². The molecule has 4 heteroatoms. The molecule has 1 heterocycles. The lowest BCUT2D eigenvalue weighted by molar-refractivity contribution is 0.191. The Morgan fingerprint density at radius 3 is 2.72 bits per heavy atom. The Labute approximate surface area is 115 Å². The molecule has 18 heavy (non-hydrogen) atoms. The van der Waals surface area contributed by atoms with Gasteiger partial charge >= 0.3 is 0 Å². The molecule has 0 spiro atoms. The lowest BCUT2D eigenvalue weighted by Gasteiger charge is -2.14. The monoisotopic (exact) mass is 306 g/mol. The largest absolute Gasteiger partial charge is 0.387 e. The van der Waals surface area contributed by atoms with E-state index in [9.17, 15) is 5.11 Å². The quantitative estimate of drug-likeness (QED) is 0.911. The van der Waals surface area contributed by atoms with Crippen molar-refractivity contribution in [2.45, 2.75) is 13.0 Å². The van der Waals surface area contributed by atoms with E-state index in [2.05, 4.69) is 26.2 Å². The molecular formula is C14H15BrN2O. The summed E-state index contributed by atoms with van der Waals surface area (Å²) in [7, 11) is 0. The molecule has 3 nitrogen and oxygen atoms in total. The number of nitrogens with one attached hydrogen (secondary N) is 1. The molecule has 2 N–H and O–H groups in total. The van der Waals surface area contributed by atoms with Crippen molar-refractivity contribution in [1.82, 2.24) is 4.98 Å². The number of aromatic nitrogens is 1. The fourth-order valence-corrected chi connectivity index (χ4v) is 2.16. The molecule has 1 unspecified atom stereocenters. The maximum Gasteiger partial charge on any atom is 0.129 e. The molecule has 0 amide bonds. The minimum atomic E-state index is -0.531. The van der Waals surface area contributed by atoms with Crippen LogP contribution in [0, 0.1) is 6.92 Å². The van der Waals surface area contributed by atoms with E-state index in [0.717, 1.165) is 21.4 Å². The lowest BCUT2D eigenvalue weighted by Crippen LogP contribution is -2.13. The van der Waals surface area contributed by atoms with E-state index in [1.54, 1.807) is 6.20 Å². The number of hydrogen-bond donors (Lipinski definition) is 2. The highest BCUT2D eigenvalue weighted by Gasteiger charge is 2.07. The molecule has 0 bridgehead atoms. The third-order valence-electron chi connectivity index (χ3n) is 2.69. The van der Waals surface area contributed by atoms with Crippen molar-refractivity contribution >= 4 is 21.7 Å². The number of aliphatic hydroxyl groups excluding tert-OH is 1. The van der Waals surface area contributed by atoms with Gasteiger partial charge in [-0.1, -0.05) is 30.3 Å². The molecule has 0 aliphatic carbocycles. The number of rotatable bonds is 4. The highest BCUT2D eigenvalue weighted by molar-refractivity contribution is 9.10. The highest BCUT2D eigenvalue weighted by Crippen LogP contribution is 2.18. The van der Waals surface area contributed by atoms with Gasteiger partial charge in [-0.15, -0.1) is 0 Å². The van der Waals surface area contributed by atoms with E-state index >= 15 is 0 Å². The predicted octanol–water partition coefficient (Wildman–Crippen LogP) is 3.30. The number of aryl methyl sites for hydroxylation is 1. The lowest BCUT2D eigenvalue weighted by atomic mass is 10.1. The summed E-state index contributed by atoms with van der Waals surface area (Å²) < 4.78 is 0.953. The average molecular weight is 307 g/mol. The van der Waals surface area contributed by atoms with Gasteiger partial charge in [-0.05, 0) is 40.0 Å². The van der Waals surface area contributed by atoms with Gasteiger partial charge in [0.25, 0.3) is 0 Å². The smallest absolute Gasteiger partial charge is 0.129 e. The number of hydrogen-bond acceptors (Lipinski definition) is 3. The normalized spacial score (nSPS) is 12.2. The van der Waals surface area contributed by atoms with Gasteiger partial charge in [-0.2, -0.15) is 0 Å². The van der Waals surface area contributed by atoms with Crippen molar-refractivity contribution in [2.75, 3.05) is 11.9 Å². The predicted molar refractivity (Wildman–Crippen MR) is 76.6 cm³/mol. The molecule has 0 saturated heterocycles. The van der Waals surface area contributed by atoms with Crippen molar-refractivity contribution in [2.24, 2.45) is 0 Å². The number of pyridine rings is 1. The molecule has 0 saturated carbocycles. The van der Waals surface area contributed by atoms with Crippen LogP contribution in [0.5, 0.6) is 0 Å². The van der Waals surface area contributed by atoms with E-state index < -0.39 is 6.10 Å². The van der Waals surface area contributed by atoms with Crippen LogP contribution in [0.15, 0.2) is 47.1 Å². The summed E-state index contributed by atoms with van der Waals surface area (Å²) in [5.41, 5.74) is 1.95. The third kappa shape index (κ3) is 3.31.